The second-order valence-electron chi connectivity index (χ2n) is 7.41. The number of carbonyl (C=O) groups is 1. The highest BCUT2D eigenvalue weighted by Gasteiger charge is 2.32. The van der Waals surface area contributed by atoms with Gasteiger partial charge in [0, 0.05) is 11.8 Å². The molecule has 0 bridgehead atoms. The highest BCUT2D eigenvalue weighted by molar-refractivity contribution is 7.90. The Kier molecular flexibility index (Phi) is 5.52. The average molecular weight is 453 g/mol. The van der Waals surface area contributed by atoms with Crippen LogP contribution in [0.2, 0.25) is 5.02 Å². The molecule has 1 saturated carbocycles. The molecule has 1 aliphatic rings. The predicted octanol–water partition coefficient (Wildman–Crippen LogP) is 4.82. The molecule has 156 valence electrons. The van der Waals surface area contributed by atoms with E-state index in [1.165, 1.54) is 18.2 Å². The van der Waals surface area contributed by atoms with Gasteiger partial charge >= 0.3 is 5.97 Å². The monoisotopic (exact) mass is 452 g/mol. The first-order valence-electron chi connectivity index (χ1n) is 9.54. The lowest BCUT2D eigenvalue weighted by Crippen LogP contribution is -2.11. The lowest BCUT2D eigenvalue weighted by Gasteiger charge is -2.14. The van der Waals surface area contributed by atoms with Crippen molar-refractivity contribution in [3.63, 3.8) is 0 Å². The maximum absolute atomic E-state index is 13.5. The Labute approximate surface area is 184 Å². The fourth-order valence-corrected chi connectivity index (χ4v) is 5.44. The summed E-state index contributed by atoms with van der Waals surface area (Å²) in [7, 11) is -3.92. The number of benzene rings is 2. The molecule has 1 aromatic heterocycles. The normalized spacial score (nSPS) is 13.5. The number of hydrogen-bond donors (Lipinski definition) is 1. The van der Waals surface area contributed by atoms with Crippen LogP contribution in [0.5, 0.6) is 0 Å². The average Bonchev–Trinajstić information content (AvgIpc) is 3.60. The maximum Gasteiger partial charge on any atom is 0.335 e. The molecule has 3 aromatic rings. The molecule has 8 heteroatoms. The van der Waals surface area contributed by atoms with Crippen molar-refractivity contribution < 1.29 is 18.3 Å². The molecule has 31 heavy (non-hydrogen) atoms. The zero-order chi connectivity index (χ0) is 22.2. The molecule has 0 radical (unpaired) electrons. The zero-order valence-electron chi connectivity index (χ0n) is 16.2. The van der Waals surface area contributed by atoms with Gasteiger partial charge in [0.2, 0.25) is 0 Å². The van der Waals surface area contributed by atoms with Crippen LogP contribution in [0.15, 0.2) is 59.6 Å². The minimum atomic E-state index is -3.92. The number of rotatable bonds is 6. The van der Waals surface area contributed by atoms with Crippen LogP contribution in [-0.2, 0) is 15.6 Å². The Morgan fingerprint density at radius 1 is 1.19 bits per heavy atom. The molecule has 0 atom stereocenters. The summed E-state index contributed by atoms with van der Waals surface area (Å²) in [6.07, 6.45) is 3.32. The second kappa shape index (κ2) is 8.14. The van der Waals surface area contributed by atoms with Gasteiger partial charge in [-0.15, -0.1) is 0 Å². The number of sulfone groups is 1. The molecule has 4 rings (SSSR count). The van der Waals surface area contributed by atoms with Gasteiger partial charge in [-0.3, -0.25) is 4.98 Å². The van der Waals surface area contributed by atoms with E-state index in [1.807, 2.05) is 6.07 Å². The Morgan fingerprint density at radius 2 is 1.97 bits per heavy atom. The Hall–Kier alpha value is -3.21. The van der Waals surface area contributed by atoms with Crippen LogP contribution < -0.4 is 0 Å². The van der Waals surface area contributed by atoms with Gasteiger partial charge < -0.3 is 5.11 Å². The summed E-state index contributed by atoms with van der Waals surface area (Å²) in [6.45, 7) is 0. The van der Waals surface area contributed by atoms with E-state index in [4.69, 9.17) is 11.6 Å². The van der Waals surface area contributed by atoms with Crippen LogP contribution in [-0.4, -0.2) is 24.5 Å². The third-order valence-corrected chi connectivity index (χ3v) is 7.24. The minimum Gasteiger partial charge on any atom is -0.478 e. The summed E-state index contributed by atoms with van der Waals surface area (Å²) in [5.74, 6) is -1.48. The Bertz CT molecular complexity index is 1330. The lowest BCUT2D eigenvalue weighted by molar-refractivity contribution is 0.0696. The summed E-state index contributed by atoms with van der Waals surface area (Å²) < 4.78 is 26.9. The van der Waals surface area contributed by atoms with Crippen molar-refractivity contribution in [3.8, 4) is 17.3 Å². The molecular formula is C23H17ClN2O4S. The highest BCUT2D eigenvalue weighted by Crippen LogP contribution is 2.44. The van der Waals surface area contributed by atoms with E-state index in [1.54, 1.807) is 36.5 Å². The van der Waals surface area contributed by atoms with Crippen molar-refractivity contribution in [1.82, 2.24) is 4.98 Å². The van der Waals surface area contributed by atoms with E-state index in [9.17, 15) is 23.6 Å². The van der Waals surface area contributed by atoms with Gasteiger partial charge in [-0.05, 0) is 66.3 Å². The van der Waals surface area contributed by atoms with Crippen molar-refractivity contribution in [1.29, 1.82) is 5.26 Å². The fourth-order valence-electron chi connectivity index (χ4n) is 3.53. The van der Waals surface area contributed by atoms with Crippen LogP contribution in [0.4, 0.5) is 0 Å². The van der Waals surface area contributed by atoms with Crippen LogP contribution in [0.1, 0.15) is 45.8 Å². The molecule has 0 spiro atoms. The van der Waals surface area contributed by atoms with E-state index in [0.29, 0.717) is 22.4 Å². The number of nitrogens with zero attached hydrogens (tertiary/aromatic N) is 2. The Morgan fingerprint density at radius 3 is 2.58 bits per heavy atom. The Balaban J connectivity index is 1.85. The molecule has 1 N–H and O–H groups in total. The molecule has 0 saturated heterocycles. The molecule has 0 aliphatic heterocycles. The van der Waals surface area contributed by atoms with Crippen molar-refractivity contribution in [3.05, 3.63) is 82.0 Å². The van der Waals surface area contributed by atoms with E-state index < -0.39 is 21.6 Å². The van der Waals surface area contributed by atoms with Crippen molar-refractivity contribution in [2.24, 2.45) is 0 Å². The number of carboxylic acids is 1. The topological polar surface area (TPSA) is 108 Å². The van der Waals surface area contributed by atoms with Crippen molar-refractivity contribution in [2.75, 3.05) is 0 Å². The van der Waals surface area contributed by atoms with Gasteiger partial charge in [0.05, 0.1) is 32.5 Å². The van der Waals surface area contributed by atoms with Gasteiger partial charge in [0.1, 0.15) is 6.07 Å². The number of halogens is 1. The second-order valence-corrected chi connectivity index (χ2v) is 9.77. The number of aromatic carboxylic acids is 1. The standard InChI is InChI=1S/C23H17ClN2O4S/c24-20-11-19(21-3-1-2-8-26-21)17(9-16(20)12-25)13-31(29,30)22-10-15(23(27)28)6-7-18(22)14-4-5-14/h1-3,6-11,14H,4-5,13H2,(H,27,28). The van der Waals surface area contributed by atoms with E-state index >= 15 is 0 Å². The van der Waals surface area contributed by atoms with Crippen LogP contribution >= 0.6 is 11.6 Å². The van der Waals surface area contributed by atoms with Crippen molar-refractivity contribution >= 4 is 27.4 Å². The largest absolute Gasteiger partial charge is 0.478 e. The quantitative estimate of drug-likeness (QED) is 0.574. The predicted molar refractivity (Wildman–Crippen MR) is 116 cm³/mol. The fraction of sp³-hybridized carbons (Fsp3) is 0.174. The van der Waals surface area contributed by atoms with Crippen LogP contribution in [0, 0.1) is 11.3 Å². The van der Waals surface area contributed by atoms with Gasteiger partial charge in [-0.2, -0.15) is 5.26 Å². The molecular weight excluding hydrogens is 436 g/mol. The molecule has 0 amide bonds. The van der Waals surface area contributed by atoms with Crippen LogP contribution in [0.25, 0.3) is 11.3 Å². The van der Waals surface area contributed by atoms with E-state index in [-0.39, 0.29) is 27.0 Å². The lowest BCUT2D eigenvalue weighted by atomic mass is 10.0. The number of pyridine rings is 1. The highest BCUT2D eigenvalue weighted by atomic mass is 35.5. The smallest absolute Gasteiger partial charge is 0.335 e. The van der Waals surface area contributed by atoms with Crippen molar-refractivity contribution in [2.45, 2.75) is 29.4 Å². The SMILES string of the molecule is N#Cc1cc(CS(=O)(=O)c2cc(C(=O)O)ccc2C2CC2)c(-c2ccccn2)cc1Cl. The number of aromatic nitrogens is 1. The van der Waals surface area contributed by atoms with Crippen LogP contribution in [0.3, 0.4) is 0 Å². The third-order valence-electron chi connectivity index (χ3n) is 5.21. The summed E-state index contributed by atoms with van der Waals surface area (Å²) in [5.41, 5.74) is 2.13. The number of nitriles is 1. The zero-order valence-corrected chi connectivity index (χ0v) is 17.8. The number of carboxylic acid groups (broad SMARTS) is 1. The molecule has 1 aliphatic carbocycles. The first-order valence-corrected chi connectivity index (χ1v) is 11.6. The summed E-state index contributed by atoms with van der Waals surface area (Å²) in [5, 5.41) is 18.9. The molecule has 2 aromatic carbocycles. The number of hydrogen-bond acceptors (Lipinski definition) is 5. The third kappa shape index (κ3) is 4.31. The van der Waals surface area contributed by atoms with Gasteiger partial charge in [-0.25, -0.2) is 13.2 Å². The molecule has 1 fully saturated rings. The van der Waals surface area contributed by atoms with Gasteiger partial charge in [-0.1, -0.05) is 23.7 Å². The summed E-state index contributed by atoms with van der Waals surface area (Å²) in [4.78, 5) is 15.8. The minimum absolute atomic E-state index is 0.0235. The molecule has 1 heterocycles. The first kappa shape index (κ1) is 21.0. The molecule has 6 nitrogen and oxygen atoms in total. The van der Waals surface area contributed by atoms with E-state index in [0.717, 1.165) is 12.8 Å². The van der Waals surface area contributed by atoms with E-state index in [2.05, 4.69) is 4.98 Å². The summed E-state index contributed by atoms with van der Waals surface area (Å²) in [6, 6.07) is 14.5. The van der Waals surface area contributed by atoms with Gasteiger partial charge in [0.25, 0.3) is 0 Å². The molecule has 0 unspecified atom stereocenters. The first-order chi connectivity index (χ1) is 14.8. The maximum atomic E-state index is 13.5. The summed E-state index contributed by atoms with van der Waals surface area (Å²) >= 11 is 6.21. The van der Waals surface area contributed by atoms with Gasteiger partial charge in [0.15, 0.2) is 9.84 Å².